The number of carbonyl (C=O) groups is 1. The summed E-state index contributed by atoms with van der Waals surface area (Å²) in [7, 11) is -3.70. The highest BCUT2D eigenvalue weighted by Crippen LogP contribution is 2.32. The first kappa shape index (κ1) is 23.6. The zero-order valence-electron chi connectivity index (χ0n) is 18.8. The first-order valence-corrected chi connectivity index (χ1v) is 13.6. The van der Waals surface area contributed by atoms with Gasteiger partial charge in [-0.3, -0.25) is 14.4 Å². The number of aromatic nitrogens is 3. The number of piperidine rings is 1. The third-order valence-corrected chi connectivity index (χ3v) is 8.98. The van der Waals surface area contributed by atoms with Crippen molar-refractivity contribution in [3.63, 3.8) is 0 Å². The summed E-state index contributed by atoms with van der Waals surface area (Å²) < 4.78 is 43.9. The average Bonchev–Trinajstić information content (AvgIpc) is 3.54. The summed E-state index contributed by atoms with van der Waals surface area (Å²) in [6, 6.07) is 14.4. The lowest BCUT2D eigenvalue weighted by atomic mass is 9.98. The number of fused-ring (bicyclic) bond motifs is 1. The highest BCUT2D eigenvalue weighted by Gasteiger charge is 2.36. The van der Waals surface area contributed by atoms with Crippen LogP contribution in [0.5, 0.6) is 0 Å². The van der Waals surface area contributed by atoms with E-state index in [1.54, 1.807) is 58.2 Å². The smallest absolute Gasteiger partial charge is 0.243 e. The lowest BCUT2D eigenvalue weighted by molar-refractivity contribution is -0.123. The molecule has 2 aromatic heterocycles. The van der Waals surface area contributed by atoms with Gasteiger partial charge in [-0.2, -0.15) is 9.40 Å². The second-order valence-corrected chi connectivity index (χ2v) is 11.3. The second-order valence-electron chi connectivity index (χ2n) is 8.38. The van der Waals surface area contributed by atoms with Crippen LogP contribution in [0.1, 0.15) is 12.8 Å². The molecule has 1 fully saturated rings. The van der Waals surface area contributed by atoms with Crippen LogP contribution < -0.4 is 4.90 Å². The zero-order chi connectivity index (χ0) is 24.4. The summed E-state index contributed by atoms with van der Waals surface area (Å²) in [4.78, 5) is 20.2. The SMILES string of the molecule is O=C(C1CCCN(S(=O)(=O)c2ccccc2)C1)N(CCn1cccn1)c1nc2ccc(F)cc2s1. The van der Waals surface area contributed by atoms with E-state index in [1.807, 2.05) is 6.20 Å². The number of sulfonamides is 1. The molecule has 1 saturated heterocycles. The Morgan fingerprint density at radius 1 is 1.17 bits per heavy atom. The molecule has 5 rings (SSSR count). The topological polar surface area (TPSA) is 88.4 Å². The largest absolute Gasteiger partial charge is 0.286 e. The highest BCUT2D eigenvalue weighted by molar-refractivity contribution is 7.89. The normalized spacial score (nSPS) is 17.0. The molecule has 0 bridgehead atoms. The van der Waals surface area contributed by atoms with Gasteiger partial charge in [0.1, 0.15) is 5.82 Å². The molecular weight excluding hydrogens is 489 g/mol. The maximum Gasteiger partial charge on any atom is 0.243 e. The maximum atomic E-state index is 13.8. The summed E-state index contributed by atoms with van der Waals surface area (Å²) in [6.45, 7) is 1.23. The number of hydrogen-bond acceptors (Lipinski definition) is 6. The fourth-order valence-corrected chi connectivity index (χ4v) is 6.83. The molecule has 1 amide bonds. The summed E-state index contributed by atoms with van der Waals surface area (Å²) in [5.74, 6) is -1.07. The highest BCUT2D eigenvalue weighted by atomic mass is 32.2. The predicted octanol–water partition coefficient (Wildman–Crippen LogP) is 3.77. The Labute approximate surface area is 206 Å². The van der Waals surface area contributed by atoms with Crippen LogP contribution in [-0.2, 0) is 21.4 Å². The molecule has 11 heteroatoms. The van der Waals surface area contributed by atoms with Gasteiger partial charge in [-0.05, 0) is 49.2 Å². The fraction of sp³-hybridized carbons (Fsp3) is 0.292. The molecule has 182 valence electrons. The molecule has 35 heavy (non-hydrogen) atoms. The lowest BCUT2D eigenvalue weighted by Crippen LogP contribution is -2.47. The quantitative estimate of drug-likeness (QED) is 0.375. The van der Waals surface area contributed by atoms with Gasteiger partial charge in [0.2, 0.25) is 15.9 Å². The number of hydrogen-bond donors (Lipinski definition) is 0. The van der Waals surface area contributed by atoms with Gasteiger partial charge in [0.15, 0.2) is 5.13 Å². The van der Waals surface area contributed by atoms with Crippen molar-refractivity contribution in [1.82, 2.24) is 19.1 Å². The third kappa shape index (κ3) is 4.97. The zero-order valence-corrected chi connectivity index (χ0v) is 20.5. The molecule has 3 heterocycles. The van der Waals surface area contributed by atoms with E-state index in [0.29, 0.717) is 47.8 Å². The number of rotatable bonds is 7. The van der Waals surface area contributed by atoms with Crippen LogP contribution in [-0.4, -0.2) is 53.0 Å². The van der Waals surface area contributed by atoms with Gasteiger partial charge in [-0.15, -0.1) is 0 Å². The van der Waals surface area contributed by atoms with E-state index in [-0.39, 0.29) is 23.2 Å². The van der Waals surface area contributed by atoms with E-state index in [4.69, 9.17) is 0 Å². The van der Waals surface area contributed by atoms with Crippen molar-refractivity contribution >= 4 is 42.6 Å². The maximum absolute atomic E-state index is 13.8. The molecule has 1 aliphatic heterocycles. The van der Waals surface area contributed by atoms with Crippen LogP contribution >= 0.6 is 11.3 Å². The molecular formula is C24H24FN5O3S2. The van der Waals surface area contributed by atoms with Crippen molar-refractivity contribution in [2.75, 3.05) is 24.5 Å². The molecule has 1 atom stereocenters. The molecule has 0 radical (unpaired) electrons. The van der Waals surface area contributed by atoms with Crippen molar-refractivity contribution in [2.45, 2.75) is 24.3 Å². The summed E-state index contributed by atoms with van der Waals surface area (Å²) >= 11 is 1.24. The molecule has 0 saturated carbocycles. The van der Waals surface area contributed by atoms with Gasteiger partial charge in [0.05, 0.1) is 27.6 Å². The summed E-state index contributed by atoms with van der Waals surface area (Å²) in [5, 5.41) is 4.67. The second kappa shape index (κ2) is 9.84. The monoisotopic (exact) mass is 513 g/mol. The van der Waals surface area contributed by atoms with Gasteiger partial charge in [-0.1, -0.05) is 29.5 Å². The van der Waals surface area contributed by atoms with Gasteiger partial charge >= 0.3 is 0 Å². The summed E-state index contributed by atoms with van der Waals surface area (Å²) in [5.41, 5.74) is 0.611. The molecule has 1 unspecified atom stereocenters. The minimum Gasteiger partial charge on any atom is -0.286 e. The van der Waals surface area contributed by atoms with E-state index in [9.17, 15) is 17.6 Å². The molecule has 4 aromatic rings. The van der Waals surface area contributed by atoms with Gasteiger partial charge < -0.3 is 0 Å². The number of thiazole rings is 1. The van der Waals surface area contributed by atoms with Crippen LogP contribution in [0.25, 0.3) is 10.2 Å². The number of amides is 1. The molecule has 0 aliphatic carbocycles. The van der Waals surface area contributed by atoms with Gasteiger partial charge in [0.25, 0.3) is 0 Å². The molecule has 0 N–H and O–H groups in total. The third-order valence-electron chi connectivity index (χ3n) is 6.06. The molecule has 8 nitrogen and oxygen atoms in total. The molecule has 2 aromatic carbocycles. The van der Waals surface area contributed by atoms with E-state index >= 15 is 0 Å². The van der Waals surface area contributed by atoms with Crippen molar-refractivity contribution in [3.05, 3.63) is 72.8 Å². The molecule has 0 spiro atoms. The van der Waals surface area contributed by atoms with Crippen molar-refractivity contribution in [2.24, 2.45) is 5.92 Å². The first-order chi connectivity index (χ1) is 16.9. The Kier molecular flexibility index (Phi) is 6.63. The number of nitrogens with zero attached hydrogens (tertiary/aromatic N) is 5. The van der Waals surface area contributed by atoms with Crippen LogP contribution in [0.15, 0.2) is 71.9 Å². The Bertz CT molecular complexity index is 1420. The fourth-order valence-electron chi connectivity index (χ4n) is 4.26. The van der Waals surface area contributed by atoms with E-state index in [1.165, 1.54) is 27.8 Å². The lowest BCUT2D eigenvalue weighted by Gasteiger charge is -2.33. The Balaban J connectivity index is 1.42. The van der Waals surface area contributed by atoms with Crippen LogP contribution in [0.2, 0.25) is 0 Å². The van der Waals surface area contributed by atoms with E-state index in [0.717, 1.165) is 0 Å². The predicted molar refractivity (Wildman–Crippen MR) is 132 cm³/mol. The Morgan fingerprint density at radius 2 is 2.00 bits per heavy atom. The van der Waals surface area contributed by atoms with E-state index in [2.05, 4.69) is 10.1 Å². The minimum atomic E-state index is -3.70. The van der Waals surface area contributed by atoms with Gasteiger partial charge in [-0.25, -0.2) is 17.8 Å². The first-order valence-electron chi connectivity index (χ1n) is 11.3. The standard InChI is InChI=1S/C24H24FN5O3S2/c25-19-9-10-21-22(16-19)34-24(27-21)30(15-14-28-12-5-11-26-28)23(31)18-6-4-13-29(17-18)35(32,33)20-7-2-1-3-8-20/h1-3,5,7-12,16,18H,4,6,13-15,17H2. The average molecular weight is 514 g/mol. The number of carbonyl (C=O) groups excluding carboxylic acids is 1. The number of benzene rings is 2. The van der Waals surface area contributed by atoms with Crippen molar-refractivity contribution in [3.8, 4) is 0 Å². The van der Waals surface area contributed by atoms with Crippen LogP contribution in [0.4, 0.5) is 9.52 Å². The van der Waals surface area contributed by atoms with E-state index < -0.39 is 15.9 Å². The minimum absolute atomic E-state index is 0.105. The Hall–Kier alpha value is -3.15. The Morgan fingerprint density at radius 3 is 2.77 bits per heavy atom. The van der Waals surface area contributed by atoms with Crippen molar-refractivity contribution < 1.29 is 17.6 Å². The van der Waals surface area contributed by atoms with Crippen molar-refractivity contribution in [1.29, 1.82) is 0 Å². The summed E-state index contributed by atoms with van der Waals surface area (Å²) in [6.07, 6.45) is 4.64. The number of halogens is 1. The number of anilines is 1. The molecule has 1 aliphatic rings. The van der Waals surface area contributed by atoms with Crippen LogP contribution in [0.3, 0.4) is 0 Å². The van der Waals surface area contributed by atoms with Crippen LogP contribution in [0, 0.1) is 11.7 Å². The van der Waals surface area contributed by atoms with Gasteiger partial charge in [0, 0.05) is 32.0 Å².